The predicted molar refractivity (Wildman–Crippen MR) is 86.2 cm³/mol. The van der Waals surface area contributed by atoms with Gasteiger partial charge in [-0.25, -0.2) is 4.98 Å². The molecule has 0 aliphatic heterocycles. The summed E-state index contributed by atoms with van der Waals surface area (Å²) >= 11 is 1.89. The lowest BCUT2D eigenvalue weighted by Gasteiger charge is -2.37. The van der Waals surface area contributed by atoms with Crippen molar-refractivity contribution in [1.82, 2.24) is 10.3 Å². The Morgan fingerprint density at radius 1 is 1.40 bits per heavy atom. The van der Waals surface area contributed by atoms with Gasteiger partial charge >= 0.3 is 0 Å². The molecule has 0 aromatic carbocycles. The van der Waals surface area contributed by atoms with Crippen LogP contribution < -0.4 is 5.32 Å². The van der Waals surface area contributed by atoms with Crippen LogP contribution in [0.3, 0.4) is 0 Å². The first kappa shape index (κ1) is 14.5. The molecular weight excluding hydrogens is 264 g/mol. The van der Waals surface area contributed by atoms with Crippen molar-refractivity contribution in [3.63, 3.8) is 0 Å². The first-order valence-electron chi connectivity index (χ1n) is 8.17. The molecule has 2 aliphatic carbocycles. The molecule has 3 atom stereocenters. The Morgan fingerprint density at radius 3 is 2.70 bits per heavy atom. The van der Waals surface area contributed by atoms with Gasteiger partial charge in [0.25, 0.3) is 0 Å². The van der Waals surface area contributed by atoms with Gasteiger partial charge < -0.3 is 5.32 Å². The summed E-state index contributed by atoms with van der Waals surface area (Å²) in [5.41, 5.74) is 1.63. The van der Waals surface area contributed by atoms with Gasteiger partial charge in [0.1, 0.15) is 5.01 Å². The lowest BCUT2D eigenvalue weighted by molar-refractivity contribution is 0.209. The van der Waals surface area contributed by atoms with E-state index in [1.807, 2.05) is 11.3 Å². The fraction of sp³-hybridized carbons (Fsp3) is 0.824. The van der Waals surface area contributed by atoms with Crippen LogP contribution in [0, 0.1) is 11.8 Å². The van der Waals surface area contributed by atoms with E-state index in [0.717, 1.165) is 18.4 Å². The molecule has 3 rings (SSSR count). The minimum absolute atomic E-state index is 0.165. The number of aromatic nitrogens is 1. The van der Waals surface area contributed by atoms with Gasteiger partial charge in [-0.05, 0) is 44.1 Å². The minimum Gasteiger partial charge on any atom is -0.305 e. The van der Waals surface area contributed by atoms with Crippen molar-refractivity contribution in [2.75, 3.05) is 6.54 Å². The number of thiazole rings is 1. The molecule has 2 saturated carbocycles. The van der Waals surface area contributed by atoms with E-state index in [4.69, 9.17) is 4.98 Å². The Morgan fingerprint density at radius 2 is 2.20 bits per heavy atom. The third kappa shape index (κ3) is 2.33. The molecule has 3 unspecified atom stereocenters. The van der Waals surface area contributed by atoms with E-state index in [1.165, 1.54) is 42.8 Å². The van der Waals surface area contributed by atoms with Crippen molar-refractivity contribution in [1.29, 1.82) is 0 Å². The van der Waals surface area contributed by atoms with Gasteiger partial charge in [-0.2, -0.15) is 0 Å². The molecule has 1 N–H and O–H groups in total. The molecule has 0 spiro atoms. The highest BCUT2D eigenvalue weighted by molar-refractivity contribution is 7.09. The molecule has 1 aromatic heterocycles. The molecule has 0 amide bonds. The highest BCUT2D eigenvalue weighted by Gasteiger charge is 2.53. The van der Waals surface area contributed by atoms with Crippen LogP contribution >= 0.6 is 11.3 Å². The molecule has 112 valence electrons. The summed E-state index contributed by atoms with van der Waals surface area (Å²) in [7, 11) is 0. The van der Waals surface area contributed by atoms with Gasteiger partial charge in [0.2, 0.25) is 0 Å². The highest BCUT2D eigenvalue weighted by atomic mass is 32.1. The van der Waals surface area contributed by atoms with Gasteiger partial charge in [0.05, 0.1) is 11.2 Å². The van der Waals surface area contributed by atoms with Crippen LogP contribution in [-0.4, -0.2) is 11.5 Å². The number of nitrogens with zero attached hydrogens (tertiary/aromatic N) is 1. The topological polar surface area (TPSA) is 24.9 Å². The molecule has 2 nitrogen and oxygen atoms in total. The lowest BCUT2D eigenvalue weighted by atomic mass is 9.81. The summed E-state index contributed by atoms with van der Waals surface area (Å²) < 4.78 is 0. The van der Waals surface area contributed by atoms with Gasteiger partial charge in [0, 0.05) is 10.8 Å². The van der Waals surface area contributed by atoms with E-state index in [-0.39, 0.29) is 11.0 Å². The fourth-order valence-corrected chi connectivity index (χ4v) is 5.37. The van der Waals surface area contributed by atoms with Gasteiger partial charge in [-0.15, -0.1) is 11.3 Å². The fourth-order valence-electron chi connectivity index (χ4n) is 4.06. The quantitative estimate of drug-likeness (QED) is 0.886. The van der Waals surface area contributed by atoms with Gasteiger partial charge in [0.15, 0.2) is 0 Å². The molecule has 0 saturated heterocycles. The number of nitrogens with one attached hydrogen (secondary N) is 1. The summed E-state index contributed by atoms with van der Waals surface area (Å²) in [6.45, 7) is 10.2. The molecule has 2 aliphatic rings. The Bertz CT molecular complexity index is 474. The second-order valence-corrected chi connectivity index (χ2v) is 8.62. The van der Waals surface area contributed by atoms with Crippen LogP contribution in [0.5, 0.6) is 0 Å². The maximum absolute atomic E-state index is 5.06. The maximum Gasteiger partial charge on any atom is 0.113 e. The first-order chi connectivity index (χ1) is 9.45. The van der Waals surface area contributed by atoms with Crippen LogP contribution in [0.15, 0.2) is 5.38 Å². The van der Waals surface area contributed by atoms with Crippen molar-refractivity contribution in [3.8, 4) is 0 Å². The predicted octanol–water partition coefficient (Wildman–Crippen LogP) is 4.46. The van der Waals surface area contributed by atoms with E-state index in [0.29, 0.717) is 0 Å². The van der Waals surface area contributed by atoms with Gasteiger partial charge in [-0.3, -0.25) is 0 Å². The van der Waals surface area contributed by atoms with Crippen molar-refractivity contribution >= 4 is 11.3 Å². The SMILES string of the molecule is CCCNC1(c2nc(C(C)(C)C)cs2)CC2CCC1C2. The minimum atomic E-state index is 0.165. The summed E-state index contributed by atoms with van der Waals surface area (Å²) in [5, 5.41) is 7.56. The van der Waals surface area contributed by atoms with Crippen molar-refractivity contribution in [2.45, 2.75) is 70.8 Å². The number of hydrogen-bond acceptors (Lipinski definition) is 3. The molecule has 2 fully saturated rings. The number of fused-ring (bicyclic) bond motifs is 2. The van der Waals surface area contributed by atoms with Crippen LogP contribution in [0.25, 0.3) is 0 Å². The normalized spacial score (nSPS) is 33.0. The molecule has 3 heteroatoms. The zero-order valence-corrected chi connectivity index (χ0v) is 14.1. The van der Waals surface area contributed by atoms with Crippen molar-refractivity contribution < 1.29 is 0 Å². The monoisotopic (exact) mass is 292 g/mol. The zero-order chi connectivity index (χ0) is 14.4. The molecule has 1 aromatic rings. The molecule has 0 radical (unpaired) electrons. The van der Waals surface area contributed by atoms with Gasteiger partial charge in [-0.1, -0.05) is 34.1 Å². The van der Waals surface area contributed by atoms with E-state index >= 15 is 0 Å². The Kier molecular flexibility index (Phi) is 3.70. The zero-order valence-electron chi connectivity index (χ0n) is 13.3. The highest BCUT2D eigenvalue weighted by Crippen LogP contribution is 2.56. The third-order valence-corrected chi connectivity index (χ3v) is 6.21. The smallest absolute Gasteiger partial charge is 0.113 e. The largest absolute Gasteiger partial charge is 0.305 e. The summed E-state index contributed by atoms with van der Waals surface area (Å²) in [6, 6.07) is 0. The molecular formula is C17H28N2S. The Balaban J connectivity index is 1.92. The van der Waals surface area contributed by atoms with Crippen molar-refractivity contribution in [3.05, 3.63) is 16.1 Å². The maximum atomic E-state index is 5.06. The van der Waals surface area contributed by atoms with Crippen molar-refractivity contribution in [2.24, 2.45) is 11.8 Å². The second kappa shape index (κ2) is 5.10. The summed E-state index contributed by atoms with van der Waals surface area (Å²) in [4.78, 5) is 5.06. The van der Waals surface area contributed by atoms with E-state index in [1.54, 1.807) is 0 Å². The molecule has 20 heavy (non-hydrogen) atoms. The number of rotatable bonds is 4. The first-order valence-corrected chi connectivity index (χ1v) is 9.05. The number of hydrogen-bond donors (Lipinski definition) is 1. The lowest BCUT2D eigenvalue weighted by Crippen LogP contribution is -2.47. The molecule has 2 bridgehead atoms. The standard InChI is InChI=1S/C17H28N2S/c1-5-8-18-17(10-12-6-7-13(17)9-12)15-19-14(11-20-15)16(2,3)4/h11-13,18H,5-10H2,1-4H3. The van der Waals surface area contributed by atoms with E-state index in [2.05, 4.69) is 38.4 Å². The van der Waals surface area contributed by atoms with Crippen LogP contribution in [-0.2, 0) is 11.0 Å². The van der Waals surface area contributed by atoms with Crippen LogP contribution in [0.4, 0.5) is 0 Å². The second-order valence-electron chi connectivity index (χ2n) is 7.77. The van der Waals surface area contributed by atoms with E-state index in [9.17, 15) is 0 Å². The third-order valence-electron chi connectivity index (χ3n) is 5.19. The average molecular weight is 292 g/mol. The molecule has 1 heterocycles. The Hall–Kier alpha value is -0.410. The van der Waals surface area contributed by atoms with Crippen LogP contribution in [0.2, 0.25) is 0 Å². The Labute approximate surface area is 127 Å². The van der Waals surface area contributed by atoms with Crippen LogP contribution in [0.1, 0.15) is 70.5 Å². The summed E-state index contributed by atoms with van der Waals surface area (Å²) in [5.74, 6) is 1.75. The summed E-state index contributed by atoms with van der Waals surface area (Å²) in [6.07, 6.45) is 6.77. The van der Waals surface area contributed by atoms with E-state index < -0.39 is 0 Å². The average Bonchev–Trinajstić information content (AvgIpc) is 3.09.